The molecule has 100 valence electrons. The topological polar surface area (TPSA) is 9.23 Å². The summed E-state index contributed by atoms with van der Waals surface area (Å²) < 4.78 is 6.21. The molecule has 0 bridgehead atoms. The SMILES string of the molecule is COc1ccc(C(Br)c2ccc(C)c(Cl)c2)c(Br)c1. The van der Waals surface area contributed by atoms with Crippen LogP contribution in [-0.2, 0) is 0 Å². The van der Waals surface area contributed by atoms with Crippen LogP contribution in [0.5, 0.6) is 5.75 Å². The second-order valence-corrected chi connectivity index (χ2v) is 6.44. The fourth-order valence-corrected chi connectivity index (χ4v) is 3.55. The van der Waals surface area contributed by atoms with Gasteiger partial charge >= 0.3 is 0 Å². The van der Waals surface area contributed by atoms with Crippen LogP contribution in [0.4, 0.5) is 0 Å². The van der Waals surface area contributed by atoms with Crippen molar-refractivity contribution in [2.75, 3.05) is 7.11 Å². The van der Waals surface area contributed by atoms with Gasteiger partial charge in [-0.1, -0.05) is 61.7 Å². The minimum absolute atomic E-state index is 0.0888. The Morgan fingerprint density at radius 1 is 1.16 bits per heavy atom. The van der Waals surface area contributed by atoms with Crippen molar-refractivity contribution in [1.82, 2.24) is 0 Å². The van der Waals surface area contributed by atoms with E-state index in [-0.39, 0.29) is 4.83 Å². The number of alkyl halides is 1. The monoisotopic (exact) mass is 402 g/mol. The van der Waals surface area contributed by atoms with E-state index in [9.17, 15) is 0 Å². The molecule has 4 heteroatoms. The Labute approximate surface area is 135 Å². The molecule has 1 atom stereocenters. The summed E-state index contributed by atoms with van der Waals surface area (Å²) in [6.45, 7) is 2.00. The molecule has 0 aromatic heterocycles. The number of methoxy groups -OCH3 is 1. The first-order valence-corrected chi connectivity index (χ1v) is 7.85. The zero-order chi connectivity index (χ0) is 14.0. The number of rotatable bonds is 3. The third kappa shape index (κ3) is 3.33. The Balaban J connectivity index is 2.38. The third-order valence-corrected chi connectivity index (χ3v) is 5.09. The van der Waals surface area contributed by atoms with Crippen molar-refractivity contribution in [2.45, 2.75) is 11.8 Å². The van der Waals surface area contributed by atoms with Gasteiger partial charge in [-0.15, -0.1) is 0 Å². The molecule has 2 aromatic rings. The highest BCUT2D eigenvalue weighted by Crippen LogP contribution is 2.38. The van der Waals surface area contributed by atoms with Gasteiger partial charge in [-0.05, 0) is 41.8 Å². The fraction of sp³-hybridized carbons (Fsp3) is 0.200. The fourth-order valence-electron chi connectivity index (χ4n) is 1.79. The molecule has 0 aliphatic rings. The average molecular weight is 405 g/mol. The Bertz CT molecular complexity index is 599. The molecule has 0 N–H and O–H groups in total. The lowest BCUT2D eigenvalue weighted by Gasteiger charge is -2.14. The van der Waals surface area contributed by atoms with Gasteiger partial charge in [0.2, 0.25) is 0 Å². The van der Waals surface area contributed by atoms with Crippen molar-refractivity contribution in [3.8, 4) is 5.75 Å². The minimum atomic E-state index is 0.0888. The molecule has 0 saturated carbocycles. The van der Waals surface area contributed by atoms with E-state index < -0.39 is 0 Å². The molecule has 0 radical (unpaired) electrons. The second kappa shape index (κ2) is 6.29. The molecule has 0 saturated heterocycles. The second-order valence-electron chi connectivity index (χ2n) is 4.26. The zero-order valence-corrected chi connectivity index (χ0v) is 14.5. The van der Waals surface area contributed by atoms with E-state index >= 15 is 0 Å². The van der Waals surface area contributed by atoms with Gasteiger partial charge in [-0.25, -0.2) is 0 Å². The summed E-state index contributed by atoms with van der Waals surface area (Å²) in [5.74, 6) is 0.831. The van der Waals surface area contributed by atoms with Crippen LogP contribution in [0.15, 0.2) is 40.9 Å². The summed E-state index contributed by atoms with van der Waals surface area (Å²) in [5.41, 5.74) is 3.35. The summed E-state index contributed by atoms with van der Waals surface area (Å²) in [6.07, 6.45) is 0. The van der Waals surface area contributed by atoms with E-state index in [1.807, 2.05) is 37.3 Å². The number of hydrogen-bond donors (Lipinski definition) is 0. The molecule has 0 aliphatic carbocycles. The lowest BCUT2D eigenvalue weighted by atomic mass is 10.0. The molecule has 1 unspecified atom stereocenters. The lowest BCUT2D eigenvalue weighted by Crippen LogP contribution is -1.95. The molecule has 0 amide bonds. The molecule has 2 aromatic carbocycles. The predicted molar refractivity (Wildman–Crippen MR) is 87.7 cm³/mol. The van der Waals surface area contributed by atoms with Gasteiger partial charge in [0.25, 0.3) is 0 Å². The van der Waals surface area contributed by atoms with Crippen LogP contribution in [0, 0.1) is 6.92 Å². The third-order valence-electron chi connectivity index (χ3n) is 2.97. The van der Waals surface area contributed by atoms with E-state index in [1.54, 1.807) is 7.11 Å². The van der Waals surface area contributed by atoms with Gasteiger partial charge < -0.3 is 4.74 Å². The molecule has 0 spiro atoms. The summed E-state index contributed by atoms with van der Waals surface area (Å²) in [5, 5.41) is 0.784. The maximum absolute atomic E-state index is 6.18. The highest BCUT2D eigenvalue weighted by atomic mass is 79.9. The number of ether oxygens (including phenoxy) is 1. The quantitative estimate of drug-likeness (QED) is 0.579. The molecule has 0 heterocycles. The van der Waals surface area contributed by atoms with Gasteiger partial charge in [-0.3, -0.25) is 0 Å². The summed E-state index contributed by atoms with van der Waals surface area (Å²) in [6, 6.07) is 12.0. The highest BCUT2D eigenvalue weighted by molar-refractivity contribution is 9.11. The maximum Gasteiger partial charge on any atom is 0.120 e. The van der Waals surface area contributed by atoms with Crippen molar-refractivity contribution in [2.24, 2.45) is 0 Å². The Kier molecular flexibility index (Phi) is 4.93. The standard InChI is InChI=1S/C15H13Br2ClO/c1-9-3-4-10(7-14(9)18)15(17)12-6-5-11(19-2)8-13(12)16/h3-8,15H,1-2H3. The van der Waals surface area contributed by atoms with Crippen molar-refractivity contribution in [3.05, 3.63) is 62.6 Å². The first-order valence-electron chi connectivity index (χ1n) is 5.76. The summed E-state index contributed by atoms with van der Waals surface area (Å²) >= 11 is 13.5. The maximum atomic E-state index is 6.18. The largest absolute Gasteiger partial charge is 0.497 e. The zero-order valence-electron chi connectivity index (χ0n) is 10.6. The van der Waals surface area contributed by atoms with Crippen LogP contribution in [0.1, 0.15) is 21.5 Å². The van der Waals surface area contributed by atoms with Crippen LogP contribution in [0.2, 0.25) is 5.02 Å². The molecule has 0 aliphatic heterocycles. The number of halogens is 3. The summed E-state index contributed by atoms with van der Waals surface area (Å²) in [4.78, 5) is 0.0888. The first-order chi connectivity index (χ1) is 9.02. The number of aryl methyl sites for hydroxylation is 1. The lowest BCUT2D eigenvalue weighted by molar-refractivity contribution is 0.414. The minimum Gasteiger partial charge on any atom is -0.497 e. The highest BCUT2D eigenvalue weighted by Gasteiger charge is 2.15. The normalized spacial score (nSPS) is 12.3. The van der Waals surface area contributed by atoms with E-state index in [2.05, 4.69) is 37.9 Å². The number of hydrogen-bond acceptors (Lipinski definition) is 1. The predicted octanol–water partition coefficient (Wildman–Crippen LogP) is 5.90. The van der Waals surface area contributed by atoms with E-state index in [0.717, 1.165) is 31.9 Å². The van der Waals surface area contributed by atoms with E-state index in [0.29, 0.717) is 0 Å². The smallest absolute Gasteiger partial charge is 0.120 e. The molecular weight excluding hydrogens is 391 g/mol. The summed E-state index contributed by atoms with van der Waals surface area (Å²) in [7, 11) is 1.66. The molecule has 0 fully saturated rings. The Hall–Kier alpha value is -0.510. The Morgan fingerprint density at radius 3 is 2.47 bits per heavy atom. The van der Waals surface area contributed by atoms with Crippen molar-refractivity contribution >= 4 is 43.5 Å². The van der Waals surface area contributed by atoms with Crippen LogP contribution in [0.3, 0.4) is 0 Å². The van der Waals surface area contributed by atoms with Gasteiger partial charge in [0.15, 0.2) is 0 Å². The van der Waals surface area contributed by atoms with Crippen LogP contribution in [0.25, 0.3) is 0 Å². The van der Waals surface area contributed by atoms with Gasteiger partial charge in [0.1, 0.15) is 5.75 Å². The number of benzene rings is 2. The Morgan fingerprint density at radius 2 is 1.89 bits per heavy atom. The van der Waals surface area contributed by atoms with Crippen molar-refractivity contribution < 1.29 is 4.74 Å². The van der Waals surface area contributed by atoms with E-state index in [1.165, 1.54) is 0 Å². The molecule has 2 rings (SSSR count). The molecule has 19 heavy (non-hydrogen) atoms. The first kappa shape index (κ1) is 14.9. The van der Waals surface area contributed by atoms with Crippen LogP contribution in [-0.4, -0.2) is 7.11 Å². The van der Waals surface area contributed by atoms with Crippen molar-refractivity contribution in [3.63, 3.8) is 0 Å². The van der Waals surface area contributed by atoms with Crippen LogP contribution >= 0.6 is 43.5 Å². The van der Waals surface area contributed by atoms with Gasteiger partial charge in [0, 0.05) is 9.50 Å². The molecule has 1 nitrogen and oxygen atoms in total. The molecular formula is C15H13Br2ClO. The van der Waals surface area contributed by atoms with Crippen molar-refractivity contribution in [1.29, 1.82) is 0 Å². The van der Waals surface area contributed by atoms with Gasteiger partial charge in [-0.2, -0.15) is 0 Å². The average Bonchev–Trinajstić information content (AvgIpc) is 2.41. The van der Waals surface area contributed by atoms with Crippen LogP contribution < -0.4 is 4.74 Å². The van der Waals surface area contributed by atoms with E-state index in [4.69, 9.17) is 16.3 Å². The van der Waals surface area contributed by atoms with Gasteiger partial charge in [0.05, 0.1) is 11.9 Å².